The lowest BCUT2D eigenvalue weighted by Gasteiger charge is -2.40. The highest BCUT2D eigenvalue weighted by atomic mass is 79.9. The smallest absolute Gasteiger partial charge is 0.137 e. The summed E-state index contributed by atoms with van der Waals surface area (Å²) in [7, 11) is 2.02. The standard InChI is InChI=1S/C14H20BrFN2/c1-9-6-13(16)12(15)8-14(9)18-5-4-11(17-3)7-10(18)2/h6,8,10-11,17H,4-5,7H2,1-3H3. The van der Waals surface area contributed by atoms with E-state index in [4.69, 9.17) is 0 Å². The fraction of sp³-hybridized carbons (Fsp3) is 0.571. The van der Waals surface area contributed by atoms with Crippen LogP contribution in [0.2, 0.25) is 0 Å². The molecule has 2 atom stereocenters. The van der Waals surface area contributed by atoms with Crippen LogP contribution in [-0.4, -0.2) is 25.7 Å². The molecule has 1 fully saturated rings. The largest absolute Gasteiger partial charge is 0.368 e. The van der Waals surface area contributed by atoms with E-state index in [-0.39, 0.29) is 5.82 Å². The molecular weight excluding hydrogens is 295 g/mol. The molecule has 0 bridgehead atoms. The van der Waals surface area contributed by atoms with E-state index < -0.39 is 0 Å². The number of hydrogen-bond acceptors (Lipinski definition) is 2. The van der Waals surface area contributed by atoms with Gasteiger partial charge in [-0.1, -0.05) is 0 Å². The van der Waals surface area contributed by atoms with Crippen molar-refractivity contribution in [3.63, 3.8) is 0 Å². The molecule has 0 radical (unpaired) electrons. The number of rotatable bonds is 2. The number of piperidine rings is 1. The number of halogens is 2. The van der Waals surface area contributed by atoms with Crippen LogP contribution in [0.5, 0.6) is 0 Å². The van der Waals surface area contributed by atoms with Gasteiger partial charge in [-0.25, -0.2) is 4.39 Å². The molecule has 1 saturated heterocycles. The number of aryl methyl sites for hydroxylation is 1. The fourth-order valence-corrected chi connectivity index (χ4v) is 3.07. The summed E-state index contributed by atoms with van der Waals surface area (Å²) in [5.74, 6) is -0.186. The normalized spacial score (nSPS) is 24.4. The Morgan fingerprint density at radius 3 is 2.78 bits per heavy atom. The monoisotopic (exact) mass is 314 g/mol. The Bertz CT molecular complexity index is 436. The van der Waals surface area contributed by atoms with Crippen LogP contribution in [0.4, 0.5) is 10.1 Å². The van der Waals surface area contributed by atoms with Gasteiger partial charge in [-0.15, -0.1) is 0 Å². The summed E-state index contributed by atoms with van der Waals surface area (Å²) < 4.78 is 14.0. The van der Waals surface area contributed by atoms with E-state index in [2.05, 4.69) is 33.1 Å². The highest BCUT2D eigenvalue weighted by molar-refractivity contribution is 9.10. The van der Waals surface area contributed by atoms with Gasteiger partial charge in [-0.3, -0.25) is 0 Å². The lowest BCUT2D eigenvalue weighted by atomic mass is 9.97. The molecule has 0 aromatic heterocycles. The first kappa shape index (κ1) is 13.8. The summed E-state index contributed by atoms with van der Waals surface area (Å²) in [5, 5.41) is 3.35. The highest BCUT2D eigenvalue weighted by Crippen LogP contribution is 2.31. The van der Waals surface area contributed by atoms with Gasteiger partial charge in [0.15, 0.2) is 0 Å². The maximum atomic E-state index is 13.5. The predicted molar refractivity (Wildman–Crippen MR) is 77.7 cm³/mol. The topological polar surface area (TPSA) is 15.3 Å². The van der Waals surface area contributed by atoms with Crippen molar-refractivity contribution in [1.29, 1.82) is 0 Å². The molecule has 1 aliphatic rings. The lowest BCUT2D eigenvalue weighted by molar-refractivity contribution is 0.386. The van der Waals surface area contributed by atoms with E-state index in [0.717, 1.165) is 30.6 Å². The third kappa shape index (κ3) is 2.69. The van der Waals surface area contributed by atoms with Crippen molar-refractivity contribution < 1.29 is 4.39 Å². The van der Waals surface area contributed by atoms with Gasteiger partial charge in [0.25, 0.3) is 0 Å². The molecule has 1 N–H and O–H groups in total. The van der Waals surface area contributed by atoms with Gasteiger partial charge >= 0.3 is 0 Å². The second kappa shape index (κ2) is 5.57. The highest BCUT2D eigenvalue weighted by Gasteiger charge is 2.25. The summed E-state index contributed by atoms with van der Waals surface area (Å²) in [6.45, 7) is 5.23. The Morgan fingerprint density at radius 2 is 2.17 bits per heavy atom. The molecule has 18 heavy (non-hydrogen) atoms. The van der Waals surface area contributed by atoms with E-state index in [1.54, 1.807) is 6.07 Å². The molecule has 1 heterocycles. The zero-order valence-electron chi connectivity index (χ0n) is 11.1. The number of anilines is 1. The van der Waals surface area contributed by atoms with Crippen LogP contribution in [0.15, 0.2) is 16.6 Å². The Morgan fingerprint density at radius 1 is 1.44 bits per heavy atom. The van der Waals surface area contributed by atoms with Gasteiger partial charge in [-0.2, -0.15) is 0 Å². The Balaban J connectivity index is 2.24. The van der Waals surface area contributed by atoms with Crippen molar-refractivity contribution in [2.45, 2.75) is 38.8 Å². The number of nitrogens with one attached hydrogen (secondary N) is 1. The van der Waals surface area contributed by atoms with Crippen LogP contribution in [-0.2, 0) is 0 Å². The molecule has 0 saturated carbocycles. The van der Waals surface area contributed by atoms with Crippen molar-refractivity contribution in [3.05, 3.63) is 28.0 Å². The summed E-state index contributed by atoms with van der Waals surface area (Å²) in [4.78, 5) is 2.38. The lowest BCUT2D eigenvalue weighted by Crippen LogP contribution is -2.46. The predicted octanol–water partition coefficient (Wildman–Crippen LogP) is 3.47. The van der Waals surface area contributed by atoms with Crippen molar-refractivity contribution in [2.75, 3.05) is 18.5 Å². The molecule has 2 rings (SSSR count). The van der Waals surface area contributed by atoms with Crippen LogP contribution in [0.3, 0.4) is 0 Å². The minimum absolute atomic E-state index is 0.186. The van der Waals surface area contributed by atoms with Crippen LogP contribution in [0.25, 0.3) is 0 Å². The molecule has 2 unspecified atom stereocenters. The SMILES string of the molecule is CNC1CCN(c2cc(Br)c(F)cc2C)C(C)C1. The van der Waals surface area contributed by atoms with E-state index >= 15 is 0 Å². The minimum Gasteiger partial charge on any atom is -0.368 e. The number of nitrogens with zero attached hydrogens (tertiary/aromatic N) is 1. The summed E-state index contributed by atoms with van der Waals surface area (Å²) in [6, 6.07) is 4.59. The van der Waals surface area contributed by atoms with E-state index in [1.807, 2.05) is 20.0 Å². The molecule has 2 nitrogen and oxygen atoms in total. The minimum atomic E-state index is -0.186. The second-order valence-corrected chi connectivity index (χ2v) is 5.96. The second-order valence-electron chi connectivity index (χ2n) is 5.11. The van der Waals surface area contributed by atoms with Crippen LogP contribution < -0.4 is 10.2 Å². The summed E-state index contributed by atoms with van der Waals surface area (Å²) in [5.41, 5.74) is 2.15. The van der Waals surface area contributed by atoms with Gasteiger partial charge in [-0.05, 0) is 67.4 Å². The first-order valence-electron chi connectivity index (χ1n) is 6.42. The molecular formula is C14H20BrFN2. The molecule has 4 heteroatoms. The Kier molecular flexibility index (Phi) is 4.28. The third-order valence-corrected chi connectivity index (χ3v) is 4.44. The zero-order valence-corrected chi connectivity index (χ0v) is 12.7. The van der Waals surface area contributed by atoms with Crippen molar-refractivity contribution in [2.24, 2.45) is 0 Å². The van der Waals surface area contributed by atoms with Gasteiger partial charge in [0.2, 0.25) is 0 Å². The van der Waals surface area contributed by atoms with Crippen molar-refractivity contribution >= 4 is 21.6 Å². The number of hydrogen-bond donors (Lipinski definition) is 1. The Labute approximate surface area is 117 Å². The molecule has 0 spiro atoms. The van der Waals surface area contributed by atoms with Crippen LogP contribution in [0.1, 0.15) is 25.3 Å². The quantitative estimate of drug-likeness (QED) is 0.899. The van der Waals surface area contributed by atoms with Gasteiger partial charge in [0.1, 0.15) is 5.82 Å². The first-order chi connectivity index (χ1) is 8.52. The van der Waals surface area contributed by atoms with Crippen LogP contribution >= 0.6 is 15.9 Å². The van der Waals surface area contributed by atoms with Crippen molar-refractivity contribution in [3.8, 4) is 0 Å². The van der Waals surface area contributed by atoms with Gasteiger partial charge < -0.3 is 10.2 Å². The maximum Gasteiger partial charge on any atom is 0.137 e. The average molecular weight is 315 g/mol. The summed E-state index contributed by atoms with van der Waals surface area (Å²) in [6.07, 6.45) is 2.26. The molecule has 1 aromatic rings. The third-order valence-electron chi connectivity index (χ3n) is 3.83. The van der Waals surface area contributed by atoms with Gasteiger partial charge in [0, 0.05) is 24.3 Å². The van der Waals surface area contributed by atoms with E-state index in [9.17, 15) is 4.39 Å². The first-order valence-corrected chi connectivity index (χ1v) is 7.21. The van der Waals surface area contributed by atoms with Crippen LogP contribution in [0, 0.1) is 12.7 Å². The summed E-state index contributed by atoms with van der Waals surface area (Å²) >= 11 is 3.28. The number of benzene rings is 1. The zero-order chi connectivity index (χ0) is 13.3. The van der Waals surface area contributed by atoms with E-state index in [1.165, 1.54) is 0 Å². The maximum absolute atomic E-state index is 13.5. The molecule has 1 aliphatic heterocycles. The molecule has 100 valence electrons. The van der Waals surface area contributed by atoms with Gasteiger partial charge in [0.05, 0.1) is 4.47 Å². The molecule has 0 amide bonds. The van der Waals surface area contributed by atoms with Crippen molar-refractivity contribution in [1.82, 2.24) is 5.32 Å². The van der Waals surface area contributed by atoms with E-state index in [0.29, 0.717) is 16.6 Å². The Hall–Kier alpha value is -0.610. The average Bonchev–Trinajstić information content (AvgIpc) is 2.34. The fourth-order valence-electron chi connectivity index (χ4n) is 2.74. The molecule has 0 aliphatic carbocycles. The molecule has 1 aromatic carbocycles.